The van der Waals surface area contributed by atoms with Crippen LogP contribution in [0.3, 0.4) is 0 Å². The Morgan fingerprint density at radius 2 is 1.47 bits per heavy atom. The Hall–Kier alpha value is -1.45. The van der Waals surface area contributed by atoms with Gasteiger partial charge in [-0.15, -0.1) is 0 Å². The molecule has 86 valence electrons. The second-order valence-corrected chi connectivity index (χ2v) is 5.06. The fourth-order valence-electron chi connectivity index (χ4n) is 2.11. The van der Waals surface area contributed by atoms with Gasteiger partial charge in [-0.3, -0.25) is 0 Å². The van der Waals surface area contributed by atoms with Gasteiger partial charge in [0.05, 0.1) is 18.0 Å². The summed E-state index contributed by atoms with van der Waals surface area (Å²) in [5.74, 6) is 0. The van der Waals surface area contributed by atoms with Crippen LogP contribution >= 0.6 is 11.8 Å². The number of nitrogens with one attached hydrogen (secondary N) is 1. The minimum absolute atomic E-state index is 0.828. The van der Waals surface area contributed by atoms with Crippen LogP contribution in [0.25, 0.3) is 0 Å². The molecule has 3 heteroatoms. The van der Waals surface area contributed by atoms with E-state index in [1.165, 1.54) is 21.2 Å². The third-order valence-corrected chi connectivity index (χ3v) is 3.98. The first-order valence-corrected chi connectivity index (χ1v) is 6.50. The molecule has 0 fully saturated rings. The maximum Gasteiger partial charge on any atom is 0.0730 e. The zero-order valence-electron chi connectivity index (χ0n) is 9.68. The average Bonchev–Trinajstić information content (AvgIpc) is 2.39. The first kappa shape index (κ1) is 10.7. The van der Waals surface area contributed by atoms with E-state index in [-0.39, 0.29) is 0 Å². The molecule has 0 atom stereocenters. The Kier molecular flexibility index (Phi) is 2.79. The van der Waals surface area contributed by atoms with Gasteiger partial charge in [-0.1, -0.05) is 36.0 Å². The summed E-state index contributed by atoms with van der Waals surface area (Å²) in [5.41, 5.74) is 2.57. The molecule has 1 heterocycles. The molecule has 0 saturated carbocycles. The van der Waals surface area contributed by atoms with Gasteiger partial charge < -0.3 is 10.2 Å². The van der Waals surface area contributed by atoms with E-state index in [2.05, 4.69) is 58.7 Å². The molecule has 0 aromatic heterocycles. The number of hydrogen-bond acceptors (Lipinski definition) is 3. The largest absolute Gasteiger partial charge is 0.326 e. The van der Waals surface area contributed by atoms with E-state index in [4.69, 9.17) is 0 Å². The highest BCUT2D eigenvalue weighted by atomic mass is 32.2. The molecule has 17 heavy (non-hydrogen) atoms. The van der Waals surface area contributed by atoms with Crippen LogP contribution in [-0.4, -0.2) is 13.7 Å². The molecule has 0 unspecified atom stereocenters. The normalized spacial score (nSPS) is 13.1. The molecule has 1 N–H and O–H groups in total. The predicted molar refractivity (Wildman–Crippen MR) is 73.1 cm³/mol. The van der Waals surface area contributed by atoms with Crippen LogP contribution in [0.2, 0.25) is 0 Å². The van der Waals surface area contributed by atoms with E-state index in [1.54, 1.807) is 0 Å². The molecular weight excluding hydrogens is 228 g/mol. The molecule has 1 aliphatic rings. The Morgan fingerprint density at radius 1 is 0.941 bits per heavy atom. The van der Waals surface area contributed by atoms with Crippen molar-refractivity contribution in [3.8, 4) is 0 Å². The van der Waals surface area contributed by atoms with E-state index in [0.717, 1.165) is 6.67 Å². The standard InChI is InChI=1S/C14H14N2S/c1-15-10-16-11-6-2-4-8-13(11)17-14-9-5-3-7-12(14)16/h2-9,15H,10H2,1H3. The van der Waals surface area contributed by atoms with Gasteiger partial charge in [-0.05, 0) is 31.3 Å². The Bertz CT molecular complexity index is 494. The van der Waals surface area contributed by atoms with Gasteiger partial charge in [-0.25, -0.2) is 0 Å². The summed E-state index contributed by atoms with van der Waals surface area (Å²) >= 11 is 1.84. The lowest BCUT2D eigenvalue weighted by molar-refractivity contribution is 0.789. The van der Waals surface area contributed by atoms with Crippen LogP contribution in [0.15, 0.2) is 58.3 Å². The number of fused-ring (bicyclic) bond motifs is 2. The number of rotatable bonds is 2. The summed E-state index contributed by atoms with van der Waals surface area (Å²) < 4.78 is 0. The molecule has 0 aliphatic carbocycles. The summed E-state index contributed by atoms with van der Waals surface area (Å²) in [6.45, 7) is 0.828. The Labute approximate surface area is 106 Å². The van der Waals surface area contributed by atoms with Gasteiger partial charge in [0.15, 0.2) is 0 Å². The molecule has 0 saturated heterocycles. The zero-order chi connectivity index (χ0) is 11.7. The molecule has 0 bridgehead atoms. The number of benzene rings is 2. The van der Waals surface area contributed by atoms with Crippen molar-refractivity contribution in [1.82, 2.24) is 5.32 Å². The number of hydrogen-bond donors (Lipinski definition) is 1. The van der Waals surface area contributed by atoms with Crippen LogP contribution in [-0.2, 0) is 0 Å². The van der Waals surface area contributed by atoms with E-state index in [0.29, 0.717) is 0 Å². The first-order valence-electron chi connectivity index (χ1n) is 5.68. The highest BCUT2D eigenvalue weighted by Gasteiger charge is 2.21. The van der Waals surface area contributed by atoms with Crippen molar-refractivity contribution in [3.63, 3.8) is 0 Å². The summed E-state index contributed by atoms with van der Waals surface area (Å²) in [6.07, 6.45) is 0. The minimum Gasteiger partial charge on any atom is -0.326 e. The van der Waals surface area contributed by atoms with Gasteiger partial charge in [0.1, 0.15) is 0 Å². The van der Waals surface area contributed by atoms with Crippen LogP contribution in [0.4, 0.5) is 11.4 Å². The summed E-state index contributed by atoms with van der Waals surface area (Å²) in [5, 5.41) is 3.24. The quantitative estimate of drug-likeness (QED) is 0.868. The van der Waals surface area contributed by atoms with Crippen molar-refractivity contribution in [2.45, 2.75) is 9.79 Å². The third kappa shape index (κ3) is 1.81. The molecule has 0 spiro atoms. The van der Waals surface area contributed by atoms with Gasteiger partial charge in [-0.2, -0.15) is 0 Å². The molecule has 2 nitrogen and oxygen atoms in total. The van der Waals surface area contributed by atoms with Crippen molar-refractivity contribution >= 4 is 23.1 Å². The number of anilines is 2. The van der Waals surface area contributed by atoms with Crippen molar-refractivity contribution < 1.29 is 0 Å². The van der Waals surface area contributed by atoms with Gasteiger partial charge >= 0.3 is 0 Å². The highest BCUT2D eigenvalue weighted by molar-refractivity contribution is 7.99. The average molecular weight is 242 g/mol. The lowest BCUT2D eigenvalue weighted by Gasteiger charge is -2.32. The summed E-state index contributed by atoms with van der Waals surface area (Å²) in [6, 6.07) is 17.1. The van der Waals surface area contributed by atoms with Crippen molar-refractivity contribution in [1.29, 1.82) is 0 Å². The van der Waals surface area contributed by atoms with E-state index >= 15 is 0 Å². The fraction of sp³-hybridized carbons (Fsp3) is 0.143. The summed E-state index contributed by atoms with van der Waals surface area (Å²) in [4.78, 5) is 4.96. The summed E-state index contributed by atoms with van der Waals surface area (Å²) in [7, 11) is 1.98. The lowest BCUT2D eigenvalue weighted by atomic mass is 10.2. The highest BCUT2D eigenvalue weighted by Crippen LogP contribution is 2.47. The van der Waals surface area contributed by atoms with Gasteiger partial charge in [0.25, 0.3) is 0 Å². The number of para-hydroxylation sites is 2. The predicted octanol–water partition coefficient (Wildman–Crippen LogP) is 3.47. The van der Waals surface area contributed by atoms with Crippen LogP contribution < -0.4 is 10.2 Å². The van der Waals surface area contributed by atoms with Crippen molar-refractivity contribution in [3.05, 3.63) is 48.5 Å². The Balaban J connectivity index is 2.13. The van der Waals surface area contributed by atoms with Crippen molar-refractivity contribution in [2.24, 2.45) is 0 Å². The monoisotopic (exact) mass is 242 g/mol. The van der Waals surface area contributed by atoms with Crippen LogP contribution in [0.5, 0.6) is 0 Å². The fourth-order valence-corrected chi connectivity index (χ4v) is 3.21. The maximum atomic E-state index is 3.24. The van der Waals surface area contributed by atoms with Crippen molar-refractivity contribution in [2.75, 3.05) is 18.6 Å². The Morgan fingerprint density at radius 3 is 2.00 bits per heavy atom. The lowest BCUT2D eigenvalue weighted by Crippen LogP contribution is -2.29. The number of nitrogens with zero attached hydrogens (tertiary/aromatic N) is 1. The second kappa shape index (κ2) is 4.43. The minimum atomic E-state index is 0.828. The SMILES string of the molecule is CNCN1c2ccccc2Sc2ccccc21. The molecule has 2 aromatic rings. The van der Waals surface area contributed by atoms with E-state index < -0.39 is 0 Å². The maximum absolute atomic E-state index is 3.24. The zero-order valence-corrected chi connectivity index (χ0v) is 10.5. The molecule has 3 rings (SSSR count). The molecule has 0 amide bonds. The van der Waals surface area contributed by atoms with Crippen LogP contribution in [0, 0.1) is 0 Å². The van der Waals surface area contributed by atoms with E-state index in [9.17, 15) is 0 Å². The van der Waals surface area contributed by atoms with E-state index in [1.807, 2.05) is 18.8 Å². The molecular formula is C14H14N2S. The topological polar surface area (TPSA) is 15.3 Å². The van der Waals surface area contributed by atoms with Gasteiger partial charge in [0, 0.05) is 9.79 Å². The molecule has 1 aliphatic heterocycles. The van der Waals surface area contributed by atoms with Gasteiger partial charge in [0.2, 0.25) is 0 Å². The first-order chi connectivity index (χ1) is 8.40. The third-order valence-electron chi connectivity index (χ3n) is 2.85. The smallest absolute Gasteiger partial charge is 0.0730 e. The molecule has 0 radical (unpaired) electrons. The molecule has 2 aromatic carbocycles. The van der Waals surface area contributed by atoms with Crippen LogP contribution in [0.1, 0.15) is 0 Å². The second-order valence-electron chi connectivity index (χ2n) is 3.98.